The molecule has 0 saturated heterocycles. The molecule has 1 amide bonds. The molecule has 2 aromatic rings. The number of aliphatic imine (C=N–C) groups is 1. The van der Waals surface area contributed by atoms with E-state index >= 15 is 0 Å². The van der Waals surface area contributed by atoms with Crippen LogP contribution in [0.15, 0.2) is 96.4 Å². The van der Waals surface area contributed by atoms with Gasteiger partial charge in [0.15, 0.2) is 0 Å². The van der Waals surface area contributed by atoms with E-state index in [1.54, 1.807) is 30.4 Å². The molecule has 206 valence electrons. The lowest BCUT2D eigenvalue weighted by Crippen LogP contribution is -2.28. The van der Waals surface area contributed by atoms with Gasteiger partial charge in [0.2, 0.25) is 6.41 Å². The number of halogens is 1. The third-order valence-corrected chi connectivity index (χ3v) is 5.93. The van der Waals surface area contributed by atoms with E-state index in [0.29, 0.717) is 60.6 Å². The maximum atomic E-state index is 13.3. The molecule has 0 heterocycles. The highest BCUT2D eigenvalue weighted by atomic mass is 19.1. The predicted molar refractivity (Wildman–Crippen MR) is 151 cm³/mol. The highest BCUT2D eigenvalue weighted by Gasteiger charge is 2.16. The zero-order chi connectivity index (χ0) is 28.8. The van der Waals surface area contributed by atoms with Crippen LogP contribution in [0.1, 0.15) is 48.4 Å². The van der Waals surface area contributed by atoms with E-state index in [-0.39, 0.29) is 12.2 Å². The van der Waals surface area contributed by atoms with Crippen LogP contribution in [0.25, 0.3) is 0 Å². The highest BCUT2D eigenvalue weighted by molar-refractivity contribution is 5.95. The number of amidine groups is 1. The van der Waals surface area contributed by atoms with Crippen LogP contribution in [0.3, 0.4) is 0 Å². The summed E-state index contributed by atoms with van der Waals surface area (Å²) >= 11 is 0. The minimum atomic E-state index is -0.879. The molecular formula is C30H35FN4O4. The summed E-state index contributed by atoms with van der Waals surface area (Å²) in [6, 6.07) is 10.8. The van der Waals surface area contributed by atoms with Crippen LogP contribution >= 0.6 is 0 Å². The van der Waals surface area contributed by atoms with Gasteiger partial charge < -0.3 is 15.7 Å². The Labute approximate surface area is 228 Å². The second kappa shape index (κ2) is 15.8. The molecule has 5 N–H and O–H groups in total. The van der Waals surface area contributed by atoms with E-state index in [9.17, 15) is 14.0 Å². The van der Waals surface area contributed by atoms with Crippen LogP contribution in [0.5, 0.6) is 0 Å². The lowest BCUT2D eigenvalue weighted by atomic mass is 10.0. The highest BCUT2D eigenvalue weighted by Crippen LogP contribution is 2.25. The van der Waals surface area contributed by atoms with Crippen LogP contribution < -0.4 is 11.6 Å². The van der Waals surface area contributed by atoms with Crippen molar-refractivity contribution in [3.63, 3.8) is 0 Å². The van der Waals surface area contributed by atoms with Crippen molar-refractivity contribution in [1.82, 2.24) is 4.90 Å². The number of carboxylic acid groups (broad SMARTS) is 1. The number of carbonyl (C=O) groups excluding carboxylic acids is 1. The van der Waals surface area contributed by atoms with Gasteiger partial charge in [0.1, 0.15) is 17.4 Å². The maximum absolute atomic E-state index is 13.3. The first-order valence-electron chi connectivity index (χ1n) is 12.4. The average molecular weight is 535 g/mol. The van der Waals surface area contributed by atoms with Gasteiger partial charge in [0.25, 0.3) is 0 Å². The minimum Gasteiger partial charge on any atom is -0.481 e. The fourth-order valence-corrected chi connectivity index (χ4v) is 3.77. The molecule has 0 aromatic heterocycles. The summed E-state index contributed by atoms with van der Waals surface area (Å²) in [5.74, 6) is 5.00. The molecule has 0 aliphatic rings. The fourth-order valence-electron chi connectivity index (χ4n) is 3.77. The molecule has 0 fully saturated rings. The van der Waals surface area contributed by atoms with Gasteiger partial charge in [-0.25, -0.2) is 9.38 Å². The Morgan fingerprint density at radius 2 is 1.87 bits per heavy atom. The van der Waals surface area contributed by atoms with Gasteiger partial charge >= 0.3 is 5.97 Å². The molecule has 2 rings (SSSR count). The van der Waals surface area contributed by atoms with Gasteiger partial charge in [0.05, 0.1) is 11.7 Å². The quantitative estimate of drug-likeness (QED) is 0.0523. The van der Waals surface area contributed by atoms with Crippen LogP contribution in [0, 0.1) is 12.7 Å². The van der Waals surface area contributed by atoms with Crippen molar-refractivity contribution < 1.29 is 23.9 Å². The summed E-state index contributed by atoms with van der Waals surface area (Å²) in [6.45, 7) is 9.36. The monoisotopic (exact) mass is 534 g/mol. The fraction of sp³-hybridized carbons (Fsp3) is 0.233. The van der Waals surface area contributed by atoms with Crippen LogP contribution in [-0.2, 0) is 20.8 Å². The molecule has 0 aliphatic carbocycles. The molecule has 1 unspecified atom stereocenters. The first kappa shape index (κ1) is 30.9. The Balaban J connectivity index is 2.39. The van der Waals surface area contributed by atoms with E-state index in [1.807, 2.05) is 25.1 Å². The van der Waals surface area contributed by atoms with Gasteiger partial charge in [-0.1, -0.05) is 43.5 Å². The van der Waals surface area contributed by atoms with E-state index < -0.39 is 12.0 Å². The molecule has 39 heavy (non-hydrogen) atoms. The third-order valence-electron chi connectivity index (χ3n) is 5.93. The number of aliphatic carboxylic acids is 1. The van der Waals surface area contributed by atoms with Gasteiger partial charge in [-0.05, 0) is 79.3 Å². The number of hydrogen-bond donors (Lipinski definition) is 3. The lowest BCUT2D eigenvalue weighted by molar-refractivity contribution is -0.137. The number of amides is 1. The third kappa shape index (κ3) is 9.48. The molecule has 0 spiro atoms. The number of allylic oxidation sites excluding steroid dienone is 4. The van der Waals surface area contributed by atoms with Crippen molar-refractivity contribution in [2.45, 2.75) is 45.1 Å². The van der Waals surface area contributed by atoms with Gasteiger partial charge in [-0.3, -0.25) is 14.5 Å². The number of benzene rings is 2. The molecule has 0 radical (unpaired) electrons. The smallest absolute Gasteiger partial charge is 0.303 e. The molecule has 2 aromatic carbocycles. The Bertz CT molecular complexity index is 1250. The summed E-state index contributed by atoms with van der Waals surface area (Å²) < 4.78 is 13.3. The van der Waals surface area contributed by atoms with Gasteiger partial charge in [0, 0.05) is 18.5 Å². The molecule has 0 saturated carbocycles. The SMILES string of the molecule is C=C/C=C(\C=C)N(C=O)C(CCCCC(=O)O)=Nc1cc(C/C=C(\ON)C(N)c2ccc(F)cc2)ccc1C. The Morgan fingerprint density at radius 3 is 2.46 bits per heavy atom. The molecule has 0 bridgehead atoms. The standard InChI is InChI=1S/C30H35FN4O4/c1-4-8-25(5-2)35(20-36)28(9-6-7-10-29(37)38)34-26-19-22(12-11-21(26)3)13-18-27(39-33)30(32)23-14-16-24(31)17-15-23/h4-5,8,11-12,14-20,30H,1-2,6-7,9-10,13,32-33H2,3H3,(H,37,38)/b25-8+,27-18-,34-28?. The van der Waals surface area contributed by atoms with E-state index in [2.05, 4.69) is 13.2 Å². The second-order valence-electron chi connectivity index (χ2n) is 8.71. The summed E-state index contributed by atoms with van der Waals surface area (Å²) in [4.78, 5) is 34.2. The summed E-state index contributed by atoms with van der Waals surface area (Å²) in [5.41, 5.74) is 9.80. The van der Waals surface area contributed by atoms with Gasteiger partial charge in [-0.15, -0.1) is 0 Å². The second-order valence-corrected chi connectivity index (χ2v) is 8.71. The van der Waals surface area contributed by atoms with E-state index in [4.69, 9.17) is 26.6 Å². The number of nitrogens with zero attached hydrogens (tertiary/aromatic N) is 2. The average Bonchev–Trinajstić information content (AvgIpc) is 2.92. The van der Waals surface area contributed by atoms with Crippen molar-refractivity contribution in [3.05, 3.63) is 114 Å². The van der Waals surface area contributed by atoms with Crippen molar-refractivity contribution in [2.75, 3.05) is 0 Å². The van der Waals surface area contributed by atoms with Crippen LogP contribution in [0.4, 0.5) is 10.1 Å². The first-order chi connectivity index (χ1) is 18.7. The lowest BCUT2D eigenvalue weighted by Gasteiger charge is -2.21. The predicted octanol–water partition coefficient (Wildman–Crippen LogP) is 5.54. The summed E-state index contributed by atoms with van der Waals surface area (Å²) in [6.07, 6.45) is 8.88. The normalized spacial score (nSPS) is 13.0. The van der Waals surface area contributed by atoms with Crippen LogP contribution in [-0.4, -0.2) is 28.2 Å². The number of carbonyl (C=O) groups is 2. The largest absolute Gasteiger partial charge is 0.481 e. The number of unbranched alkanes of at least 4 members (excludes halogenated alkanes) is 1. The van der Waals surface area contributed by atoms with E-state index in [1.165, 1.54) is 23.1 Å². The van der Waals surface area contributed by atoms with Crippen LogP contribution in [0.2, 0.25) is 0 Å². The summed E-state index contributed by atoms with van der Waals surface area (Å²) in [7, 11) is 0. The Hall–Kier alpha value is -4.34. The number of rotatable bonds is 15. The minimum absolute atomic E-state index is 0.0254. The molecule has 8 nitrogen and oxygen atoms in total. The summed E-state index contributed by atoms with van der Waals surface area (Å²) in [5, 5.41) is 8.98. The number of aryl methyl sites for hydroxylation is 1. The van der Waals surface area contributed by atoms with Crippen molar-refractivity contribution in [1.29, 1.82) is 0 Å². The molecule has 0 aliphatic heterocycles. The molecular weight excluding hydrogens is 499 g/mol. The topological polar surface area (TPSA) is 131 Å². The molecule has 1 atom stereocenters. The van der Waals surface area contributed by atoms with E-state index in [0.717, 1.165) is 11.1 Å². The number of carboxylic acids is 1. The van der Waals surface area contributed by atoms with Crippen molar-refractivity contribution >= 4 is 23.9 Å². The van der Waals surface area contributed by atoms with Crippen molar-refractivity contribution in [3.8, 4) is 0 Å². The number of nitrogens with two attached hydrogens (primary N) is 2. The molecule has 9 heteroatoms. The Kier molecular flexibility index (Phi) is 12.5. The number of hydrogen-bond acceptors (Lipinski definition) is 6. The zero-order valence-electron chi connectivity index (χ0n) is 22.1. The maximum Gasteiger partial charge on any atom is 0.303 e. The Morgan fingerprint density at radius 1 is 1.18 bits per heavy atom. The zero-order valence-corrected chi connectivity index (χ0v) is 22.1. The van der Waals surface area contributed by atoms with Crippen molar-refractivity contribution in [2.24, 2.45) is 16.6 Å². The van der Waals surface area contributed by atoms with Gasteiger partial charge in [-0.2, -0.15) is 5.90 Å². The first-order valence-corrected chi connectivity index (χ1v) is 12.4.